The lowest BCUT2D eigenvalue weighted by Crippen LogP contribution is -2.43. The van der Waals surface area contributed by atoms with Gasteiger partial charge in [0, 0.05) is 11.5 Å². The fourth-order valence-electron chi connectivity index (χ4n) is 3.30. The highest BCUT2D eigenvalue weighted by Crippen LogP contribution is 2.26. The molecule has 0 atom stereocenters. The van der Waals surface area contributed by atoms with Crippen molar-refractivity contribution in [2.75, 3.05) is 6.61 Å². The molecule has 1 aromatic carbocycles. The summed E-state index contributed by atoms with van der Waals surface area (Å²) in [5.74, 6) is 1.15. The van der Waals surface area contributed by atoms with E-state index in [1.165, 1.54) is 24.8 Å². The minimum Gasteiger partial charge on any atom is -0.493 e. The first-order valence-corrected chi connectivity index (χ1v) is 9.39. The SMILES string of the molecule is Cc1ccc(C)c(OCCCC(C)(C)C(=O)NC2CCCCC2)c1. The number of nitrogens with one attached hydrogen (secondary N) is 1. The number of amides is 1. The van der Waals surface area contributed by atoms with Crippen molar-refractivity contribution in [3.05, 3.63) is 29.3 Å². The lowest BCUT2D eigenvalue weighted by molar-refractivity contribution is -0.130. The van der Waals surface area contributed by atoms with Crippen LogP contribution in [0.4, 0.5) is 0 Å². The van der Waals surface area contributed by atoms with Crippen LogP contribution in [0.3, 0.4) is 0 Å². The maximum absolute atomic E-state index is 12.5. The second kappa shape index (κ2) is 8.55. The first-order valence-electron chi connectivity index (χ1n) is 9.39. The normalized spacial score (nSPS) is 16.0. The van der Waals surface area contributed by atoms with E-state index in [0.717, 1.165) is 37.0 Å². The molecular formula is C21H33NO2. The van der Waals surface area contributed by atoms with E-state index in [0.29, 0.717) is 12.6 Å². The number of carbonyl (C=O) groups excluding carboxylic acids is 1. The van der Waals surface area contributed by atoms with Crippen LogP contribution in [0.1, 0.15) is 69.9 Å². The van der Waals surface area contributed by atoms with Crippen molar-refractivity contribution in [1.82, 2.24) is 5.32 Å². The monoisotopic (exact) mass is 331 g/mol. The summed E-state index contributed by atoms with van der Waals surface area (Å²) in [6, 6.07) is 6.65. The molecule has 1 saturated carbocycles. The Kier molecular flexibility index (Phi) is 6.70. The van der Waals surface area contributed by atoms with Crippen molar-refractivity contribution >= 4 is 5.91 Å². The van der Waals surface area contributed by atoms with Crippen LogP contribution in [0.15, 0.2) is 18.2 Å². The minimum absolute atomic E-state index is 0.195. The maximum Gasteiger partial charge on any atom is 0.225 e. The van der Waals surface area contributed by atoms with Crippen molar-refractivity contribution in [1.29, 1.82) is 0 Å². The van der Waals surface area contributed by atoms with Crippen molar-refractivity contribution in [2.24, 2.45) is 5.41 Å². The Morgan fingerprint density at radius 3 is 2.62 bits per heavy atom. The summed E-state index contributed by atoms with van der Waals surface area (Å²) in [6.07, 6.45) is 7.81. The Bertz CT molecular complexity index is 545. The Labute approximate surface area is 147 Å². The van der Waals surface area contributed by atoms with E-state index >= 15 is 0 Å². The fourth-order valence-corrected chi connectivity index (χ4v) is 3.30. The largest absolute Gasteiger partial charge is 0.493 e. The molecule has 3 heteroatoms. The van der Waals surface area contributed by atoms with E-state index in [9.17, 15) is 4.79 Å². The molecule has 0 heterocycles. The molecule has 1 amide bonds. The molecule has 0 saturated heterocycles. The molecule has 1 aromatic rings. The standard InChI is InChI=1S/C21H33NO2/c1-16-11-12-17(2)19(15-16)24-14-8-13-21(3,4)20(23)22-18-9-6-5-7-10-18/h11-12,15,18H,5-10,13-14H2,1-4H3,(H,22,23). The van der Waals surface area contributed by atoms with E-state index in [4.69, 9.17) is 4.74 Å². The number of hydrogen-bond donors (Lipinski definition) is 1. The van der Waals surface area contributed by atoms with Crippen LogP contribution in [0.25, 0.3) is 0 Å². The highest BCUT2D eigenvalue weighted by atomic mass is 16.5. The number of carbonyl (C=O) groups is 1. The summed E-state index contributed by atoms with van der Waals surface area (Å²) >= 11 is 0. The van der Waals surface area contributed by atoms with Gasteiger partial charge in [-0.3, -0.25) is 4.79 Å². The highest BCUT2D eigenvalue weighted by molar-refractivity contribution is 5.82. The zero-order valence-corrected chi connectivity index (χ0v) is 15.8. The predicted molar refractivity (Wildman–Crippen MR) is 99.4 cm³/mol. The smallest absolute Gasteiger partial charge is 0.225 e. The van der Waals surface area contributed by atoms with Gasteiger partial charge in [0.05, 0.1) is 6.61 Å². The van der Waals surface area contributed by atoms with Crippen molar-refractivity contribution < 1.29 is 9.53 Å². The Hall–Kier alpha value is -1.51. The summed E-state index contributed by atoms with van der Waals surface area (Å²) in [4.78, 5) is 12.5. The zero-order valence-electron chi connectivity index (χ0n) is 15.8. The maximum atomic E-state index is 12.5. The van der Waals surface area contributed by atoms with Gasteiger partial charge in [0.2, 0.25) is 5.91 Å². The van der Waals surface area contributed by atoms with Crippen LogP contribution >= 0.6 is 0 Å². The Balaban J connectivity index is 1.75. The van der Waals surface area contributed by atoms with E-state index < -0.39 is 0 Å². The van der Waals surface area contributed by atoms with E-state index in [1.807, 2.05) is 13.8 Å². The molecule has 0 radical (unpaired) electrons. The molecule has 1 aliphatic carbocycles. The third-order valence-electron chi connectivity index (χ3n) is 5.10. The van der Waals surface area contributed by atoms with Crippen LogP contribution in [0.2, 0.25) is 0 Å². The van der Waals surface area contributed by atoms with Gasteiger partial charge in [0.1, 0.15) is 5.75 Å². The van der Waals surface area contributed by atoms with Crippen LogP contribution in [-0.2, 0) is 4.79 Å². The summed E-state index contributed by atoms with van der Waals surface area (Å²) in [7, 11) is 0. The van der Waals surface area contributed by atoms with Crippen LogP contribution < -0.4 is 10.1 Å². The highest BCUT2D eigenvalue weighted by Gasteiger charge is 2.29. The van der Waals surface area contributed by atoms with Gasteiger partial charge in [0.15, 0.2) is 0 Å². The lowest BCUT2D eigenvalue weighted by Gasteiger charge is -2.29. The molecule has 0 unspecified atom stereocenters. The lowest BCUT2D eigenvalue weighted by atomic mass is 9.85. The molecule has 134 valence electrons. The van der Waals surface area contributed by atoms with Gasteiger partial charge in [0.25, 0.3) is 0 Å². The second-order valence-corrected chi connectivity index (χ2v) is 7.91. The van der Waals surface area contributed by atoms with E-state index in [1.54, 1.807) is 0 Å². The first kappa shape index (κ1) is 18.8. The molecule has 1 aliphatic rings. The van der Waals surface area contributed by atoms with E-state index in [-0.39, 0.29) is 11.3 Å². The summed E-state index contributed by atoms with van der Waals surface area (Å²) < 4.78 is 5.91. The molecule has 2 rings (SSSR count). The molecule has 1 fully saturated rings. The van der Waals surface area contributed by atoms with Gasteiger partial charge in [-0.15, -0.1) is 0 Å². The van der Waals surface area contributed by atoms with Crippen molar-refractivity contribution in [3.63, 3.8) is 0 Å². The molecule has 3 nitrogen and oxygen atoms in total. The Morgan fingerprint density at radius 1 is 1.21 bits per heavy atom. The van der Waals surface area contributed by atoms with Crippen LogP contribution in [-0.4, -0.2) is 18.6 Å². The molecular weight excluding hydrogens is 298 g/mol. The third-order valence-corrected chi connectivity index (χ3v) is 5.10. The number of hydrogen-bond acceptors (Lipinski definition) is 2. The van der Waals surface area contributed by atoms with Gasteiger partial charge >= 0.3 is 0 Å². The zero-order chi connectivity index (χ0) is 17.6. The van der Waals surface area contributed by atoms with Gasteiger partial charge in [-0.1, -0.05) is 45.2 Å². The molecule has 1 N–H and O–H groups in total. The molecule has 0 aromatic heterocycles. The second-order valence-electron chi connectivity index (χ2n) is 7.91. The average molecular weight is 332 g/mol. The third kappa shape index (κ3) is 5.54. The topological polar surface area (TPSA) is 38.3 Å². The molecule has 0 bridgehead atoms. The molecule has 0 aliphatic heterocycles. The van der Waals surface area contributed by atoms with Crippen molar-refractivity contribution in [3.8, 4) is 5.75 Å². The number of benzene rings is 1. The van der Waals surface area contributed by atoms with Crippen LogP contribution in [0, 0.1) is 19.3 Å². The fraction of sp³-hybridized carbons (Fsp3) is 0.667. The molecule has 0 spiro atoms. The van der Waals surface area contributed by atoms with Gasteiger partial charge in [-0.05, 0) is 56.7 Å². The number of ether oxygens (including phenoxy) is 1. The number of rotatable bonds is 7. The van der Waals surface area contributed by atoms with Crippen molar-refractivity contribution in [2.45, 2.75) is 78.7 Å². The summed E-state index contributed by atoms with van der Waals surface area (Å²) in [6.45, 7) is 8.89. The van der Waals surface area contributed by atoms with E-state index in [2.05, 4.69) is 37.4 Å². The van der Waals surface area contributed by atoms with Gasteiger partial charge < -0.3 is 10.1 Å². The Morgan fingerprint density at radius 2 is 1.92 bits per heavy atom. The minimum atomic E-state index is -0.331. The predicted octanol–water partition coefficient (Wildman–Crippen LogP) is 4.94. The quantitative estimate of drug-likeness (QED) is 0.719. The van der Waals surface area contributed by atoms with Crippen LogP contribution in [0.5, 0.6) is 5.75 Å². The average Bonchev–Trinajstić information content (AvgIpc) is 2.55. The summed E-state index contributed by atoms with van der Waals surface area (Å²) in [5.41, 5.74) is 2.04. The number of aryl methyl sites for hydroxylation is 2. The first-order chi connectivity index (χ1) is 11.4. The van der Waals surface area contributed by atoms with Gasteiger partial charge in [-0.25, -0.2) is 0 Å². The molecule has 24 heavy (non-hydrogen) atoms. The van der Waals surface area contributed by atoms with Gasteiger partial charge in [-0.2, -0.15) is 0 Å². The summed E-state index contributed by atoms with van der Waals surface area (Å²) in [5, 5.41) is 3.25.